The van der Waals surface area contributed by atoms with Crippen molar-refractivity contribution in [2.75, 3.05) is 24.5 Å². The normalized spacial score (nSPS) is 29.1. The Morgan fingerprint density at radius 1 is 0.854 bits per heavy atom. The number of likely N-dealkylation sites (tertiary alicyclic amines) is 1. The van der Waals surface area contributed by atoms with Crippen LogP contribution in [-0.4, -0.2) is 68.3 Å². The summed E-state index contributed by atoms with van der Waals surface area (Å²) in [6.07, 6.45) is -11.6. The van der Waals surface area contributed by atoms with E-state index in [1.54, 1.807) is 0 Å². The summed E-state index contributed by atoms with van der Waals surface area (Å²) < 4.78 is 139. The van der Waals surface area contributed by atoms with Gasteiger partial charge in [-0.25, -0.2) is 17.2 Å². The largest absolute Gasteiger partial charge is 0.481 e. The molecule has 262 valence electrons. The van der Waals surface area contributed by atoms with Gasteiger partial charge in [-0.1, -0.05) is 12.1 Å². The number of nitrogens with zero attached hydrogens (tertiary/aromatic N) is 2. The predicted octanol–water partition coefficient (Wildman–Crippen LogP) is 6.65. The lowest BCUT2D eigenvalue weighted by molar-refractivity contribution is -0.348. The van der Waals surface area contributed by atoms with E-state index < -0.39 is 72.7 Å². The zero-order valence-electron chi connectivity index (χ0n) is 25.6. The minimum absolute atomic E-state index is 0.0503. The lowest BCUT2D eigenvalue weighted by Crippen LogP contribution is -2.61. The molecule has 2 aliphatic heterocycles. The highest BCUT2D eigenvalue weighted by Crippen LogP contribution is 2.61. The van der Waals surface area contributed by atoms with E-state index in [4.69, 9.17) is 0 Å². The van der Waals surface area contributed by atoms with Gasteiger partial charge in [0.05, 0.1) is 16.4 Å². The number of hydrogen-bond donors (Lipinski definition) is 1. The van der Waals surface area contributed by atoms with Crippen LogP contribution in [-0.2, 0) is 29.8 Å². The molecular formula is C32H32F8N2O5S. The number of benzene rings is 2. The number of halogens is 8. The number of aliphatic carboxylic acids is 1. The molecule has 2 aromatic carbocycles. The summed E-state index contributed by atoms with van der Waals surface area (Å²) in [4.78, 5) is 28.8. The third-order valence-corrected chi connectivity index (χ3v) is 14.0. The van der Waals surface area contributed by atoms with Gasteiger partial charge in [0.1, 0.15) is 10.6 Å². The zero-order chi connectivity index (χ0) is 35.3. The van der Waals surface area contributed by atoms with Crippen LogP contribution >= 0.6 is 0 Å². The topological polar surface area (TPSA) is 95.0 Å². The Bertz CT molecular complexity index is 1720. The Morgan fingerprint density at radius 3 is 1.90 bits per heavy atom. The van der Waals surface area contributed by atoms with Gasteiger partial charge in [-0.05, 0) is 87.8 Å². The molecule has 2 unspecified atom stereocenters. The first-order valence-corrected chi connectivity index (χ1v) is 17.0. The van der Waals surface area contributed by atoms with Gasteiger partial charge in [0.25, 0.3) is 0 Å². The number of sulfone groups is 1. The zero-order valence-corrected chi connectivity index (χ0v) is 26.4. The van der Waals surface area contributed by atoms with Crippen LogP contribution in [0.5, 0.6) is 0 Å². The highest BCUT2D eigenvalue weighted by molar-refractivity contribution is 7.92. The standard InChI is InChI=1S/C32H32F8N2O5S/c1-2-41-18-24-29(48(46,47)21-6-4-20(33)5-7-21,22-8-3-19(17-23(22)41)30(34,31(35,36)37)32(38,39)40)15-16-42(24)25(43)27-9-12-28(13-10-27,14-11-27)26(44)45/h3-8,17,24H,2,9-16,18H2,1H3,(H,44,45). The van der Waals surface area contributed by atoms with E-state index in [2.05, 4.69) is 0 Å². The lowest BCUT2D eigenvalue weighted by Gasteiger charge is -2.53. The predicted molar refractivity (Wildman–Crippen MR) is 155 cm³/mol. The van der Waals surface area contributed by atoms with Crippen LogP contribution < -0.4 is 4.90 Å². The molecule has 4 fully saturated rings. The minimum Gasteiger partial charge on any atom is -0.481 e. The summed E-state index contributed by atoms with van der Waals surface area (Å²) in [6.45, 7) is 1.01. The molecular weight excluding hydrogens is 676 g/mol. The Hall–Kier alpha value is -3.43. The van der Waals surface area contributed by atoms with Gasteiger partial charge in [-0.15, -0.1) is 0 Å². The van der Waals surface area contributed by atoms with Crippen LogP contribution in [0, 0.1) is 16.6 Å². The summed E-state index contributed by atoms with van der Waals surface area (Å²) >= 11 is 0. The van der Waals surface area contributed by atoms with Crippen molar-refractivity contribution < 1.29 is 58.2 Å². The molecule has 0 aromatic heterocycles. The average Bonchev–Trinajstić information content (AvgIpc) is 3.44. The highest BCUT2D eigenvalue weighted by atomic mass is 32.2. The summed E-state index contributed by atoms with van der Waals surface area (Å²) in [5.74, 6) is -2.10. The molecule has 2 atom stereocenters. The fraction of sp³-hybridized carbons (Fsp3) is 0.562. The van der Waals surface area contributed by atoms with Gasteiger partial charge < -0.3 is 14.9 Å². The monoisotopic (exact) mass is 708 g/mol. The molecule has 2 bridgehead atoms. The maximum atomic E-state index is 15.3. The number of amides is 1. The summed E-state index contributed by atoms with van der Waals surface area (Å²) in [5, 5.41) is 9.82. The number of carbonyl (C=O) groups excluding carboxylic acids is 1. The Kier molecular flexibility index (Phi) is 7.74. The third-order valence-electron chi connectivity index (χ3n) is 11.4. The molecule has 2 heterocycles. The second-order valence-corrected chi connectivity index (χ2v) is 15.6. The van der Waals surface area contributed by atoms with Crippen molar-refractivity contribution in [2.24, 2.45) is 10.8 Å². The maximum Gasteiger partial charge on any atom is 0.435 e. The first-order chi connectivity index (χ1) is 22.2. The van der Waals surface area contributed by atoms with Crippen molar-refractivity contribution in [3.8, 4) is 0 Å². The fourth-order valence-electron chi connectivity index (χ4n) is 8.54. The van der Waals surface area contributed by atoms with E-state index in [9.17, 15) is 53.8 Å². The van der Waals surface area contributed by atoms with Gasteiger partial charge in [-0.2, -0.15) is 26.3 Å². The molecule has 16 heteroatoms. The van der Waals surface area contributed by atoms with E-state index in [0.29, 0.717) is 6.07 Å². The molecule has 0 spiro atoms. The molecule has 1 N–H and O–H groups in total. The third kappa shape index (κ3) is 4.52. The van der Waals surface area contributed by atoms with Gasteiger partial charge in [0.15, 0.2) is 9.84 Å². The first-order valence-electron chi connectivity index (χ1n) is 15.5. The minimum atomic E-state index is -6.40. The Labute approximate surface area is 270 Å². The molecule has 1 saturated heterocycles. The maximum absolute atomic E-state index is 15.3. The smallest absolute Gasteiger partial charge is 0.435 e. The van der Waals surface area contributed by atoms with Crippen molar-refractivity contribution in [3.63, 3.8) is 0 Å². The van der Waals surface area contributed by atoms with Crippen molar-refractivity contribution in [3.05, 3.63) is 59.4 Å². The van der Waals surface area contributed by atoms with E-state index >= 15 is 4.39 Å². The molecule has 3 aliphatic carbocycles. The van der Waals surface area contributed by atoms with Crippen molar-refractivity contribution in [2.45, 2.75) is 85.6 Å². The number of carboxylic acid groups (broad SMARTS) is 1. The van der Waals surface area contributed by atoms with E-state index in [0.717, 1.165) is 30.3 Å². The van der Waals surface area contributed by atoms with Gasteiger partial charge in [0.2, 0.25) is 5.91 Å². The fourth-order valence-corrected chi connectivity index (χ4v) is 10.8. The van der Waals surface area contributed by atoms with E-state index in [1.807, 2.05) is 0 Å². The second-order valence-electron chi connectivity index (χ2n) is 13.4. The SMILES string of the molecule is CCN1CC2N(C(=O)C34CCC(C(=O)O)(CC3)CC4)CCC2(S(=O)(=O)c2ccc(F)cc2)c2ccc(C(F)(C(F)(F)F)C(F)(F)F)cc21. The quantitative estimate of drug-likeness (QED) is 0.267. The number of carboxylic acids is 1. The molecule has 7 nitrogen and oxygen atoms in total. The number of alkyl halides is 7. The molecule has 2 aromatic rings. The molecule has 7 rings (SSSR count). The van der Waals surface area contributed by atoms with Crippen LogP contribution in [0.2, 0.25) is 0 Å². The van der Waals surface area contributed by atoms with Gasteiger partial charge >= 0.3 is 24.0 Å². The van der Waals surface area contributed by atoms with Gasteiger partial charge in [-0.3, -0.25) is 9.59 Å². The number of carbonyl (C=O) groups is 2. The average molecular weight is 709 g/mol. The van der Waals surface area contributed by atoms with Crippen molar-refractivity contribution >= 4 is 27.4 Å². The molecule has 1 amide bonds. The highest BCUT2D eigenvalue weighted by Gasteiger charge is 2.74. The van der Waals surface area contributed by atoms with E-state index in [1.165, 1.54) is 16.7 Å². The summed E-state index contributed by atoms with van der Waals surface area (Å²) in [7, 11) is -4.67. The summed E-state index contributed by atoms with van der Waals surface area (Å²) in [6, 6.07) is 4.01. The molecule has 3 saturated carbocycles. The van der Waals surface area contributed by atoms with E-state index in [-0.39, 0.29) is 86.8 Å². The summed E-state index contributed by atoms with van der Waals surface area (Å²) in [5.41, 5.74) is -10.0. The number of anilines is 1. The number of hydrogen-bond acceptors (Lipinski definition) is 5. The van der Waals surface area contributed by atoms with Crippen LogP contribution in [0.25, 0.3) is 0 Å². The lowest BCUT2D eigenvalue weighted by atomic mass is 9.53. The van der Waals surface area contributed by atoms with Crippen LogP contribution in [0.4, 0.5) is 40.8 Å². The Morgan fingerprint density at radius 2 is 1.40 bits per heavy atom. The van der Waals surface area contributed by atoms with Crippen molar-refractivity contribution in [1.29, 1.82) is 0 Å². The number of rotatable bonds is 6. The van der Waals surface area contributed by atoms with Crippen LogP contribution in [0.15, 0.2) is 47.4 Å². The number of likely N-dealkylation sites (N-methyl/N-ethyl adjacent to an activating group) is 1. The molecule has 0 radical (unpaired) electrons. The van der Waals surface area contributed by atoms with Crippen LogP contribution in [0.3, 0.4) is 0 Å². The Balaban J connectivity index is 1.52. The van der Waals surface area contributed by atoms with Gasteiger partial charge in [0, 0.05) is 36.3 Å². The van der Waals surface area contributed by atoms with Crippen LogP contribution in [0.1, 0.15) is 63.0 Å². The number of fused-ring (bicyclic) bond motifs is 6. The molecule has 48 heavy (non-hydrogen) atoms. The van der Waals surface area contributed by atoms with Crippen molar-refractivity contribution in [1.82, 2.24) is 4.90 Å². The second kappa shape index (κ2) is 10.8. The molecule has 5 aliphatic rings. The first kappa shape index (κ1) is 34.4.